The van der Waals surface area contributed by atoms with Gasteiger partial charge in [0.1, 0.15) is 0 Å². The van der Waals surface area contributed by atoms with Crippen molar-refractivity contribution in [2.75, 3.05) is 0 Å². The van der Waals surface area contributed by atoms with Gasteiger partial charge in [0.05, 0.1) is 5.92 Å². The van der Waals surface area contributed by atoms with E-state index in [1.807, 2.05) is 0 Å². The molecular formula is C14H20O2S. The van der Waals surface area contributed by atoms with Crippen LogP contribution in [0.15, 0.2) is 11.4 Å². The quantitative estimate of drug-likeness (QED) is 0.881. The number of rotatable bonds is 3. The molecule has 0 spiro atoms. The van der Waals surface area contributed by atoms with Crippen LogP contribution in [0.3, 0.4) is 0 Å². The molecule has 1 aromatic heterocycles. The van der Waals surface area contributed by atoms with E-state index in [1.54, 1.807) is 11.3 Å². The van der Waals surface area contributed by atoms with Crippen LogP contribution in [-0.2, 0) is 4.79 Å². The molecule has 0 radical (unpaired) electrons. The second kappa shape index (κ2) is 5.21. The number of aryl methyl sites for hydroxylation is 1. The molecule has 17 heavy (non-hydrogen) atoms. The van der Waals surface area contributed by atoms with Crippen LogP contribution >= 0.6 is 11.3 Å². The molecule has 1 saturated carbocycles. The first kappa shape index (κ1) is 12.6. The predicted octanol–water partition coefficient (Wildman–Crippen LogP) is 4.05. The Morgan fingerprint density at radius 1 is 1.53 bits per heavy atom. The first-order valence-corrected chi connectivity index (χ1v) is 7.28. The van der Waals surface area contributed by atoms with Crippen LogP contribution in [0.5, 0.6) is 0 Å². The highest BCUT2D eigenvalue weighted by Crippen LogP contribution is 2.44. The zero-order chi connectivity index (χ0) is 12.4. The zero-order valence-corrected chi connectivity index (χ0v) is 11.3. The number of hydrogen-bond acceptors (Lipinski definition) is 2. The van der Waals surface area contributed by atoms with Gasteiger partial charge in [-0.2, -0.15) is 0 Å². The Labute approximate surface area is 107 Å². The molecule has 1 aliphatic carbocycles. The minimum Gasteiger partial charge on any atom is -0.481 e. The minimum absolute atomic E-state index is 0.171. The van der Waals surface area contributed by atoms with E-state index in [2.05, 4.69) is 25.3 Å². The Bertz CT molecular complexity index is 397. The van der Waals surface area contributed by atoms with Gasteiger partial charge in [0, 0.05) is 10.8 Å². The molecule has 94 valence electrons. The maximum atomic E-state index is 11.4. The van der Waals surface area contributed by atoms with E-state index >= 15 is 0 Å². The van der Waals surface area contributed by atoms with Gasteiger partial charge in [0.25, 0.3) is 0 Å². The molecule has 0 bridgehead atoms. The summed E-state index contributed by atoms with van der Waals surface area (Å²) in [5, 5.41) is 11.4. The van der Waals surface area contributed by atoms with Crippen molar-refractivity contribution in [2.24, 2.45) is 11.8 Å². The summed E-state index contributed by atoms with van der Waals surface area (Å²) in [5.74, 6) is 0.163. The summed E-state index contributed by atoms with van der Waals surface area (Å²) in [6, 6.07) is 2.11. The Morgan fingerprint density at radius 2 is 2.29 bits per heavy atom. The van der Waals surface area contributed by atoms with Crippen molar-refractivity contribution in [1.29, 1.82) is 0 Å². The summed E-state index contributed by atoms with van der Waals surface area (Å²) < 4.78 is 0. The van der Waals surface area contributed by atoms with E-state index in [1.165, 1.54) is 16.9 Å². The largest absolute Gasteiger partial charge is 0.481 e. The number of carboxylic acid groups (broad SMARTS) is 1. The van der Waals surface area contributed by atoms with Gasteiger partial charge < -0.3 is 5.11 Å². The van der Waals surface area contributed by atoms with Crippen molar-refractivity contribution in [3.05, 3.63) is 21.9 Å². The van der Waals surface area contributed by atoms with Crippen LogP contribution in [0.4, 0.5) is 0 Å². The highest BCUT2D eigenvalue weighted by molar-refractivity contribution is 7.10. The number of hydrogen-bond donors (Lipinski definition) is 1. The van der Waals surface area contributed by atoms with Gasteiger partial charge in [-0.15, -0.1) is 11.3 Å². The van der Waals surface area contributed by atoms with E-state index in [-0.39, 0.29) is 11.8 Å². The molecule has 0 saturated heterocycles. The average Bonchev–Trinajstić information content (AvgIpc) is 2.74. The fourth-order valence-electron chi connectivity index (χ4n) is 2.98. The molecule has 3 heteroatoms. The lowest BCUT2D eigenvalue weighted by atomic mass is 9.72. The van der Waals surface area contributed by atoms with Gasteiger partial charge in [-0.1, -0.05) is 13.3 Å². The standard InChI is InChI=1S/C14H20O2S/c1-3-10-4-5-11(14(15)16)12(8-10)13-9(2)6-7-17-13/h6-7,10-12H,3-5,8H2,1-2H3,(H,15,16). The SMILES string of the molecule is CCC1CCC(C(=O)O)C(c2sccc2C)C1. The third-order valence-electron chi connectivity index (χ3n) is 4.09. The van der Waals surface area contributed by atoms with Gasteiger partial charge in [-0.3, -0.25) is 4.79 Å². The summed E-state index contributed by atoms with van der Waals surface area (Å²) in [6.07, 6.45) is 4.15. The summed E-state index contributed by atoms with van der Waals surface area (Å²) >= 11 is 1.73. The Hall–Kier alpha value is -0.830. The lowest BCUT2D eigenvalue weighted by Crippen LogP contribution is -2.29. The van der Waals surface area contributed by atoms with Crippen LogP contribution in [0.25, 0.3) is 0 Å². The molecule has 3 atom stereocenters. The maximum absolute atomic E-state index is 11.4. The molecule has 1 aromatic rings. The fourth-order valence-corrected chi connectivity index (χ4v) is 4.09. The van der Waals surface area contributed by atoms with Gasteiger partial charge >= 0.3 is 5.97 Å². The molecule has 0 amide bonds. The Kier molecular flexibility index (Phi) is 3.87. The number of carboxylic acids is 1. The zero-order valence-electron chi connectivity index (χ0n) is 10.5. The molecule has 1 fully saturated rings. The molecule has 0 aromatic carbocycles. The normalized spacial score (nSPS) is 29.2. The highest BCUT2D eigenvalue weighted by Gasteiger charge is 2.36. The van der Waals surface area contributed by atoms with E-state index in [9.17, 15) is 9.90 Å². The second-order valence-electron chi connectivity index (χ2n) is 5.11. The smallest absolute Gasteiger partial charge is 0.307 e. The molecule has 0 aliphatic heterocycles. The molecular weight excluding hydrogens is 232 g/mol. The number of aliphatic carboxylic acids is 1. The van der Waals surface area contributed by atoms with E-state index < -0.39 is 5.97 Å². The third-order valence-corrected chi connectivity index (χ3v) is 5.24. The van der Waals surface area contributed by atoms with Crippen molar-refractivity contribution in [3.63, 3.8) is 0 Å². The van der Waals surface area contributed by atoms with Crippen LogP contribution in [0.1, 0.15) is 49.0 Å². The lowest BCUT2D eigenvalue weighted by molar-refractivity contribution is -0.143. The second-order valence-corrected chi connectivity index (χ2v) is 6.05. The van der Waals surface area contributed by atoms with Crippen LogP contribution in [0, 0.1) is 18.8 Å². The molecule has 3 unspecified atom stereocenters. The molecule has 1 heterocycles. The lowest BCUT2D eigenvalue weighted by Gasteiger charge is -2.33. The third kappa shape index (κ3) is 2.54. The highest BCUT2D eigenvalue weighted by atomic mass is 32.1. The van der Waals surface area contributed by atoms with Crippen molar-refractivity contribution in [1.82, 2.24) is 0 Å². The van der Waals surface area contributed by atoms with Gasteiger partial charge in [-0.25, -0.2) is 0 Å². The van der Waals surface area contributed by atoms with Crippen molar-refractivity contribution in [2.45, 2.75) is 45.4 Å². The summed E-state index contributed by atoms with van der Waals surface area (Å²) in [5.41, 5.74) is 1.27. The average molecular weight is 252 g/mol. The predicted molar refractivity (Wildman–Crippen MR) is 70.6 cm³/mol. The molecule has 2 rings (SSSR count). The monoisotopic (exact) mass is 252 g/mol. The topological polar surface area (TPSA) is 37.3 Å². The summed E-state index contributed by atoms with van der Waals surface area (Å²) in [7, 11) is 0. The number of thiophene rings is 1. The molecule has 2 nitrogen and oxygen atoms in total. The fraction of sp³-hybridized carbons (Fsp3) is 0.643. The van der Waals surface area contributed by atoms with Crippen LogP contribution < -0.4 is 0 Å². The number of carbonyl (C=O) groups is 1. The van der Waals surface area contributed by atoms with Crippen LogP contribution in [0.2, 0.25) is 0 Å². The first-order chi connectivity index (χ1) is 8.13. The maximum Gasteiger partial charge on any atom is 0.307 e. The Morgan fingerprint density at radius 3 is 2.82 bits per heavy atom. The Balaban J connectivity index is 2.25. The minimum atomic E-state index is -0.614. The van der Waals surface area contributed by atoms with E-state index in [0.29, 0.717) is 5.92 Å². The first-order valence-electron chi connectivity index (χ1n) is 6.40. The van der Waals surface area contributed by atoms with Gasteiger partial charge in [0.15, 0.2) is 0 Å². The molecule has 1 N–H and O–H groups in total. The van der Waals surface area contributed by atoms with Crippen molar-refractivity contribution < 1.29 is 9.90 Å². The molecule has 1 aliphatic rings. The summed E-state index contributed by atoms with van der Waals surface area (Å²) in [4.78, 5) is 12.7. The van der Waals surface area contributed by atoms with E-state index in [4.69, 9.17) is 0 Å². The van der Waals surface area contributed by atoms with Crippen LogP contribution in [-0.4, -0.2) is 11.1 Å². The van der Waals surface area contributed by atoms with Crippen molar-refractivity contribution >= 4 is 17.3 Å². The van der Waals surface area contributed by atoms with Crippen molar-refractivity contribution in [3.8, 4) is 0 Å². The summed E-state index contributed by atoms with van der Waals surface area (Å²) in [6.45, 7) is 4.31. The van der Waals surface area contributed by atoms with Gasteiger partial charge in [-0.05, 0) is 49.1 Å². The van der Waals surface area contributed by atoms with E-state index in [0.717, 1.165) is 19.3 Å². The van der Waals surface area contributed by atoms with Gasteiger partial charge in [0.2, 0.25) is 0 Å².